The number of fused-ring (bicyclic) bond motifs is 1. The molecule has 1 saturated heterocycles. The highest BCUT2D eigenvalue weighted by atomic mass is 15.2. The van der Waals surface area contributed by atoms with Crippen LogP contribution in [-0.2, 0) is 0 Å². The van der Waals surface area contributed by atoms with Crippen LogP contribution in [0, 0.1) is 0 Å². The molecule has 0 unspecified atom stereocenters. The van der Waals surface area contributed by atoms with E-state index in [9.17, 15) is 0 Å². The monoisotopic (exact) mass is 272 g/mol. The highest BCUT2D eigenvalue weighted by molar-refractivity contribution is 5.37. The third-order valence-electron chi connectivity index (χ3n) is 4.37. The molecule has 0 N–H and O–H groups in total. The maximum absolute atomic E-state index is 4.41. The van der Waals surface area contributed by atoms with Crippen LogP contribution in [0.2, 0.25) is 0 Å². The lowest BCUT2D eigenvalue weighted by atomic mass is 9.96. The quantitative estimate of drug-likeness (QED) is 0.784. The van der Waals surface area contributed by atoms with Gasteiger partial charge < -0.3 is 4.90 Å². The van der Waals surface area contributed by atoms with Crippen molar-refractivity contribution in [3.05, 3.63) is 30.2 Å². The molecule has 1 aliphatic rings. The Morgan fingerprint density at radius 2 is 2.00 bits per heavy atom. The van der Waals surface area contributed by atoms with E-state index in [0.717, 1.165) is 11.5 Å². The third-order valence-corrected chi connectivity index (χ3v) is 4.37. The van der Waals surface area contributed by atoms with Gasteiger partial charge >= 0.3 is 0 Å². The molecule has 1 fully saturated rings. The van der Waals surface area contributed by atoms with Gasteiger partial charge in [0.25, 0.3) is 0 Å². The van der Waals surface area contributed by atoms with Gasteiger partial charge in [0.15, 0.2) is 5.65 Å². The van der Waals surface area contributed by atoms with Gasteiger partial charge in [0.2, 0.25) is 0 Å². The average Bonchev–Trinajstić information content (AvgIpc) is 2.92. The molecular formula is C16H24N4. The van der Waals surface area contributed by atoms with Crippen molar-refractivity contribution in [2.75, 3.05) is 19.6 Å². The van der Waals surface area contributed by atoms with Gasteiger partial charge in [0.05, 0.1) is 0 Å². The molecule has 3 rings (SSSR count). The maximum Gasteiger partial charge on any atom is 0.160 e. The summed E-state index contributed by atoms with van der Waals surface area (Å²) >= 11 is 0. The van der Waals surface area contributed by atoms with E-state index in [1.165, 1.54) is 51.7 Å². The van der Waals surface area contributed by atoms with Crippen molar-refractivity contribution in [2.45, 2.75) is 44.9 Å². The molecule has 0 atom stereocenters. The third kappa shape index (κ3) is 2.85. The molecule has 2 aromatic rings. The number of hydrogen-bond donors (Lipinski definition) is 0. The van der Waals surface area contributed by atoms with E-state index in [1.807, 2.05) is 12.1 Å². The van der Waals surface area contributed by atoms with Crippen molar-refractivity contribution in [3.8, 4) is 0 Å². The minimum Gasteiger partial charge on any atom is -0.303 e. The zero-order valence-electron chi connectivity index (χ0n) is 12.3. The minimum absolute atomic E-state index is 0.565. The van der Waals surface area contributed by atoms with Crippen molar-refractivity contribution < 1.29 is 0 Å². The van der Waals surface area contributed by atoms with Gasteiger partial charge in [-0.2, -0.15) is 0 Å². The molecule has 0 spiro atoms. The Kier molecular flexibility index (Phi) is 4.31. The standard InChI is InChI=1S/C16H24N4/c1-2-3-5-10-19-12-8-14(9-13-19)16-18-17-15-7-4-6-11-20(15)16/h4,6-7,11,14H,2-3,5,8-10,12-13H2,1H3. The van der Waals surface area contributed by atoms with Gasteiger partial charge in [0, 0.05) is 12.1 Å². The Morgan fingerprint density at radius 1 is 1.15 bits per heavy atom. The largest absolute Gasteiger partial charge is 0.303 e. The summed E-state index contributed by atoms with van der Waals surface area (Å²) in [4.78, 5) is 2.61. The number of piperidine rings is 1. The summed E-state index contributed by atoms with van der Waals surface area (Å²) in [6, 6.07) is 6.10. The fourth-order valence-electron chi connectivity index (χ4n) is 3.14. The van der Waals surface area contributed by atoms with E-state index in [1.54, 1.807) is 0 Å². The summed E-state index contributed by atoms with van der Waals surface area (Å²) in [6.07, 6.45) is 8.51. The second-order valence-corrected chi connectivity index (χ2v) is 5.81. The molecule has 108 valence electrons. The second-order valence-electron chi connectivity index (χ2n) is 5.81. The van der Waals surface area contributed by atoms with Crippen LogP contribution in [0.5, 0.6) is 0 Å². The van der Waals surface area contributed by atoms with Crippen molar-refractivity contribution in [3.63, 3.8) is 0 Å². The van der Waals surface area contributed by atoms with Crippen molar-refractivity contribution in [1.29, 1.82) is 0 Å². The molecule has 0 amide bonds. The van der Waals surface area contributed by atoms with Crippen LogP contribution in [-0.4, -0.2) is 39.1 Å². The number of likely N-dealkylation sites (tertiary alicyclic amines) is 1. The molecule has 1 aliphatic heterocycles. The molecule has 2 aromatic heterocycles. The Labute approximate surface area is 120 Å². The van der Waals surface area contributed by atoms with Crippen LogP contribution in [0.25, 0.3) is 5.65 Å². The Bertz CT molecular complexity index is 540. The molecule has 20 heavy (non-hydrogen) atoms. The number of pyridine rings is 1. The van der Waals surface area contributed by atoms with E-state index in [4.69, 9.17) is 0 Å². The van der Waals surface area contributed by atoms with E-state index >= 15 is 0 Å². The van der Waals surface area contributed by atoms with Crippen molar-refractivity contribution in [1.82, 2.24) is 19.5 Å². The van der Waals surface area contributed by atoms with Crippen LogP contribution in [0.15, 0.2) is 24.4 Å². The topological polar surface area (TPSA) is 33.4 Å². The SMILES string of the molecule is CCCCCN1CCC(c2nnc3ccccn23)CC1. The molecule has 0 saturated carbocycles. The van der Waals surface area contributed by atoms with E-state index in [0.29, 0.717) is 5.92 Å². The molecule has 0 bridgehead atoms. The normalized spacial score (nSPS) is 17.9. The number of nitrogens with zero attached hydrogens (tertiary/aromatic N) is 4. The van der Waals surface area contributed by atoms with Crippen LogP contribution in [0.4, 0.5) is 0 Å². The predicted molar refractivity (Wildman–Crippen MR) is 80.9 cm³/mol. The Balaban J connectivity index is 1.60. The van der Waals surface area contributed by atoms with Crippen LogP contribution in [0.3, 0.4) is 0 Å². The second kappa shape index (κ2) is 6.35. The highest BCUT2D eigenvalue weighted by Gasteiger charge is 2.23. The van der Waals surface area contributed by atoms with Gasteiger partial charge in [-0.15, -0.1) is 10.2 Å². The summed E-state index contributed by atoms with van der Waals surface area (Å²) in [5.74, 6) is 1.71. The number of unbranched alkanes of at least 4 members (excludes halogenated alkanes) is 2. The molecule has 3 heterocycles. The summed E-state index contributed by atoms with van der Waals surface area (Å²) in [5.41, 5.74) is 0.966. The first-order valence-corrected chi connectivity index (χ1v) is 7.90. The number of rotatable bonds is 5. The smallest absolute Gasteiger partial charge is 0.160 e. The zero-order valence-corrected chi connectivity index (χ0v) is 12.3. The lowest BCUT2D eigenvalue weighted by Gasteiger charge is -2.31. The van der Waals surface area contributed by atoms with Crippen LogP contribution >= 0.6 is 0 Å². The zero-order chi connectivity index (χ0) is 13.8. The van der Waals surface area contributed by atoms with E-state index in [2.05, 4.69) is 38.7 Å². The maximum atomic E-state index is 4.41. The average molecular weight is 272 g/mol. The Hall–Kier alpha value is -1.42. The molecule has 4 heteroatoms. The number of hydrogen-bond acceptors (Lipinski definition) is 3. The summed E-state index contributed by atoms with van der Waals surface area (Å²) in [5, 5.41) is 8.69. The molecule has 4 nitrogen and oxygen atoms in total. The van der Waals surface area contributed by atoms with Gasteiger partial charge in [-0.1, -0.05) is 25.8 Å². The molecule has 0 aromatic carbocycles. The fourth-order valence-corrected chi connectivity index (χ4v) is 3.14. The lowest BCUT2D eigenvalue weighted by Crippen LogP contribution is -2.34. The van der Waals surface area contributed by atoms with Gasteiger partial charge in [-0.25, -0.2) is 0 Å². The number of aromatic nitrogens is 3. The summed E-state index contributed by atoms with van der Waals surface area (Å²) < 4.78 is 2.15. The fraction of sp³-hybridized carbons (Fsp3) is 0.625. The summed E-state index contributed by atoms with van der Waals surface area (Å²) in [7, 11) is 0. The van der Waals surface area contributed by atoms with E-state index in [-0.39, 0.29) is 0 Å². The van der Waals surface area contributed by atoms with Gasteiger partial charge in [-0.3, -0.25) is 4.40 Å². The van der Waals surface area contributed by atoms with E-state index < -0.39 is 0 Å². The lowest BCUT2D eigenvalue weighted by molar-refractivity contribution is 0.205. The predicted octanol–water partition coefficient (Wildman–Crippen LogP) is 3.10. The van der Waals surface area contributed by atoms with Crippen LogP contribution < -0.4 is 0 Å². The van der Waals surface area contributed by atoms with Crippen LogP contribution in [0.1, 0.15) is 50.8 Å². The first-order valence-electron chi connectivity index (χ1n) is 7.90. The van der Waals surface area contributed by atoms with Gasteiger partial charge in [0.1, 0.15) is 5.82 Å². The first kappa shape index (κ1) is 13.6. The minimum atomic E-state index is 0.565. The first-order chi connectivity index (χ1) is 9.88. The summed E-state index contributed by atoms with van der Waals surface area (Å²) in [6.45, 7) is 5.94. The molecule has 0 aliphatic carbocycles. The Morgan fingerprint density at radius 3 is 2.80 bits per heavy atom. The van der Waals surface area contributed by atoms with Crippen molar-refractivity contribution in [2.24, 2.45) is 0 Å². The molecule has 0 radical (unpaired) electrons. The van der Waals surface area contributed by atoms with Gasteiger partial charge in [-0.05, 0) is 51.0 Å². The highest BCUT2D eigenvalue weighted by Crippen LogP contribution is 2.27. The molecular weight excluding hydrogens is 248 g/mol. The van der Waals surface area contributed by atoms with Crippen molar-refractivity contribution >= 4 is 5.65 Å².